The van der Waals surface area contributed by atoms with Crippen LogP contribution in [0.5, 0.6) is 5.75 Å². The first-order valence-electron chi connectivity index (χ1n) is 9.15. The monoisotopic (exact) mass is 401 g/mol. The number of ether oxygens (including phenoxy) is 2. The largest absolute Gasteiger partial charge is 0.497 e. The van der Waals surface area contributed by atoms with Crippen LogP contribution in [0.3, 0.4) is 0 Å². The Hall–Kier alpha value is -2.44. The van der Waals surface area contributed by atoms with Gasteiger partial charge in [0.15, 0.2) is 0 Å². The number of carbonyl (C=O) groups is 1. The molecule has 1 unspecified atom stereocenters. The highest BCUT2D eigenvalue weighted by atomic mass is 32.1. The summed E-state index contributed by atoms with van der Waals surface area (Å²) in [5.74, 6) is 0.297. The van der Waals surface area contributed by atoms with Crippen LogP contribution in [0.2, 0.25) is 0 Å². The molecule has 0 spiro atoms. The number of hydrogen-bond donors (Lipinski definition) is 0. The number of nitrogens with zero attached hydrogens (tertiary/aromatic N) is 1. The molecule has 0 radical (unpaired) electrons. The first-order valence-corrected chi connectivity index (χ1v) is 9.97. The zero-order valence-corrected chi connectivity index (χ0v) is 17.3. The number of benzene rings is 2. The Balaban J connectivity index is 2.03. The van der Waals surface area contributed by atoms with Gasteiger partial charge in [0.2, 0.25) is 0 Å². The average Bonchev–Trinajstić information content (AvgIpc) is 3.08. The van der Waals surface area contributed by atoms with Crippen molar-refractivity contribution in [3.05, 3.63) is 64.3 Å². The van der Waals surface area contributed by atoms with E-state index in [1.54, 1.807) is 25.2 Å². The van der Waals surface area contributed by atoms with Crippen molar-refractivity contribution < 1.29 is 18.7 Å². The third-order valence-electron chi connectivity index (χ3n) is 4.89. The zero-order chi connectivity index (χ0) is 20.3. The molecule has 1 atom stereocenters. The van der Waals surface area contributed by atoms with Gasteiger partial charge in [-0.15, -0.1) is 11.3 Å². The molecule has 0 aliphatic heterocycles. The fourth-order valence-electron chi connectivity index (χ4n) is 3.43. The number of carbonyl (C=O) groups excluding carboxylic acids is 1. The molecule has 0 N–H and O–H groups in total. The summed E-state index contributed by atoms with van der Waals surface area (Å²) in [6.07, 6.45) is 0. The van der Waals surface area contributed by atoms with E-state index >= 15 is 0 Å². The van der Waals surface area contributed by atoms with Gasteiger partial charge in [0.05, 0.1) is 24.6 Å². The quantitative estimate of drug-likeness (QED) is 0.531. The molecule has 6 heteroatoms. The van der Waals surface area contributed by atoms with Crippen molar-refractivity contribution in [1.82, 2.24) is 4.90 Å². The van der Waals surface area contributed by atoms with E-state index in [1.165, 1.54) is 17.4 Å². The fraction of sp³-hybridized carbons (Fsp3) is 0.318. The summed E-state index contributed by atoms with van der Waals surface area (Å²) in [5.41, 5.74) is 1.59. The van der Waals surface area contributed by atoms with E-state index in [2.05, 4.69) is 0 Å². The van der Waals surface area contributed by atoms with Crippen molar-refractivity contribution in [1.29, 1.82) is 0 Å². The van der Waals surface area contributed by atoms with Crippen molar-refractivity contribution in [3.63, 3.8) is 0 Å². The van der Waals surface area contributed by atoms with Gasteiger partial charge in [-0.3, -0.25) is 4.79 Å². The second-order valence-corrected chi connectivity index (χ2v) is 7.55. The molecule has 0 saturated heterocycles. The maximum Gasteiger partial charge on any atom is 0.264 e. The second-order valence-electron chi connectivity index (χ2n) is 6.50. The zero-order valence-electron chi connectivity index (χ0n) is 16.5. The van der Waals surface area contributed by atoms with E-state index < -0.39 is 0 Å². The highest BCUT2D eigenvalue weighted by Crippen LogP contribution is 2.36. The molecule has 3 aromatic rings. The van der Waals surface area contributed by atoms with Gasteiger partial charge >= 0.3 is 0 Å². The summed E-state index contributed by atoms with van der Waals surface area (Å²) in [5, 5.41) is 0.475. The molecule has 28 heavy (non-hydrogen) atoms. The molecule has 0 aliphatic carbocycles. The Bertz CT molecular complexity index is 985. The van der Waals surface area contributed by atoms with Gasteiger partial charge in [0.25, 0.3) is 5.91 Å². The molecular formula is C22H24FNO3S. The van der Waals surface area contributed by atoms with Crippen LogP contribution in [0.4, 0.5) is 4.39 Å². The van der Waals surface area contributed by atoms with E-state index in [1.807, 2.05) is 44.2 Å². The van der Waals surface area contributed by atoms with Crippen LogP contribution in [0, 0.1) is 5.82 Å². The van der Waals surface area contributed by atoms with E-state index in [4.69, 9.17) is 9.47 Å². The van der Waals surface area contributed by atoms with Crippen LogP contribution in [0.15, 0.2) is 42.5 Å². The first-order chi connectivity index (χ1) is 13.5. The van der Waals surface area contributed by atoms with Crippen molar-refractivity contribution in [2.24, 2.45) is 0 Å². The predicted molar refractivity (Wildman–Crippen MR) is 111 cm³/mol. The SMILES string of the molecule is CCN(C(=O)c1sc2cccc(F)c2c1COC)C(C)c1cccc(OC)c1. The predicted octanol–water partition coefficient (Wildman–Crippen LogP) is 5.42. The lowest BCUT2D eigenvalue weighted by Crippen LogP contribution is -2.33. The van der Waals surface area contributed by atoms with Crippen molar-refractivity contribution in [2.45, 2.75) is 26.5 Å². The maximum absolute atomic E-state index is 14.4. The number of halogens is 1. The summed E-state index contributed by atoms with van der Waals surface area (Å²) in [4.78, 5) is 15.8. The Labute approximate surface area is 168 Å². The smallest absolute Gasteiger partial charge is 0.264 e. The maximum atomic E-state index is 14.4. The number of amides is 1. The first kappa shape index (κ1) is 20.3. The van der Waals surface area contributed by atoms with Crippen LogP contribution in [-0.4, -0.2) is 31.6 Å². The van der Waals surface area contributed by atoms with E-state index in [0.29, 0.717) is 22.4 Å². The molecule has 148 valence electrons. The number of methoxy groups -OCH3 is 2. The third kappa shape index (κ3) is 3.75. The molecule has 0 bridgehead atoms. The highest BCUT2D eigenvalue weighted by Gasteiger charge is 2.27. The molecule has 3 rings (SSSR count). The van der Waals surface area contributed by atoms with Gasteiger partial charge in [-0.25, -0.2) is 4.39 Å². The summed E-state index contributed by atoms with van der Waals surface area (Å²) >= 11 is 1.31. The topological polar surface area (TPSA) is 38.8 Å². The van der Waals surface area contributed by atoms with Gasteiger partial charge in [-0.05, 0) is 43.7 Å². The summed E-state index contributed by atoms with van der Waals surface area (Å²) in [6.45, 7) is 4.64. The summed E-state index contributed by atoms with van der Waals surface area (Å²) in [7, 11) is 3.17. The molecule has 0 saturated carbocycles. The highest BCUT2D eigenvalue weighted by molar-refractivity contribution is 7.21. The lowest BCUT2D eigenvalue weighted by atomic mass is 10.1. The van der Waals surface area contributed by atoms with Crippen LogP contribution in [0.1, 0.15) is 40.7 Å². The molecule has 0 aliphatic rings. The fourth-order valence-corrected chi connectivity index (χ4v) is 4.61. The van der Waals surface area contributed by atoms with Crippen molar-refractivity contribution in [2.75, 3.05) is 20.8 Å². The molecule has 0 fully saturated rings. The Kier molecular flexibility index (Phi) is 6.31. The van der Waals surface area contributed by atoms with E-state index in [0.717, 1.165) is 16.0 Å². The normalized spacial score (nSPS) is 12.2. The summed E-state index contributed by atoms with van der Waals surface area (Å²) < 4.78 is 25.8. The number of thiophene rings is 1. The molecule has 1 aromatic heterocycles. The van der Waals surface area contributed by atoms with Gasteiger partial charge in [-0.2, -0.15) is 0 Å². The van der Waals surface area contributed by atoms with Gasteiger partial charge in [-0.1, -0.05) is 18.2 Å². The number of rotatable bonds is 7. The molecule has 2 aromatic carbocycles. The van der Waals surface area contributed by atoms with Crippen LogP contribution >= 0.6 is 11.3 Å². The Morgan fingerprint density at radius 3 is 2.64 bits per heavy atom. The molecule has 4 nitrogen and oxygen atoms in total. The van der Waals surface area contributed by atoms with Gasteiger partial charge in [0, 0.05) is 29.3 Å². The van der Waals surface area contributed by atoms with Crippen LogP contribution in [0.25, 0.3) is 10.1 Å². The van der Waals surface area contributed by atoms with Gasteiger partial charge < -0.3 is 14.4 Å². The summed E-state index contributed by atoms with van der Waals surface area (Å²) in [6, 6.07) is 12.5. The number of fused-ring (bicyclic) bond motifs is 1. The minimum atomic E-state index is -0.330. The van der Waals surface area contributed by atoms with Crippen LogP contribution < -0.4 is 4.74 Å². The van der Waals surface area contributed by atoms with Gasteiger partial charge in [0.1, 0.15) is 11.6 Å². The Morgan fingerprint density at radius 1 is 1.21 bits per heavy atom. The molecule has 1 amide bonds. The lowest BCUT2D eigenvalue weighted by Gasteiger charge is -2.28. The molecule has 1 heterocycles. The number of hydrogen-bond acceptors (Lipinski definition) is 4. The van der Waals surface area contributed by atoms with Crippen LogP contribution in [-0.2, 0) is 11.3 Å². The minimum absolute atomic E-state index is 0.120. The van der Waals surface area contributed by atoms with E-state index in [9.17, 15) is 9.18 Å². The third-order valence-corrected chi connectivity index (χ3v) is 6.08. The Morgan fingerprint density at radius 2 is 1.96 bits per heavy atom. The van der Waals surface area contributed by atoms with Crippen molar-refractivity contribution in [3.8, 4) is 5.75 Å². The average molecular weight is 402 g/mol. The second kappa shape index (κ2) is 8.71. The lowest BCUT2D eigenvalue weighted by molar-refractivity contribution is 0.0703. The molecular weight excluding hydrogens is 377 g/mol. The van der Waals surface area contributed by atoms with Crippen molar-refractivity contribution >= 4 is 27.3 Å². The standard InChI is InChI=1S/C22H24FNO3S/c1-5-24(14(2)15-8-6-9-16(12-15)27-4)22(25)21-17(13-26-3)20-18(23)10-7-11-19(20)28-21/h6-12,14H,5,13H2,1-4H3. The van der Waals surface area contributed by atoms with E-state index in [-0.39, 0.29) is 24.4 Å². The minimum Gasteiger partial charge on any atom is -0.497 e.